The second-order valence-corrected chi connectivity index (χ2v) is 13.0. The van der Waals surface area contributed by atoms with Crippen molar-refractivity contribution in [3.8, 4) is 0 Å². The lowest BCUT2D eigenvalue weighted by atomic mass is 9.85. The van der Waals surface area contributed by atoms with Gasteiger partial charge in [0, 0.05) is 18.0 Å². The lowest BCUT2D eigenvalue weighted by Crippen LogP contribution is -2.59. The molecule has 5 atom stereocenters. The first kappa shape index (κ1) is 32.4. The van der Waals surface area contributed by atoms with Gasteiger partial charge in [-0.25, -0.2) is 14.4 Å². The average Bonchev–Trinajstić information content (AvgIpc) is 3.42. The van der Waals surface area contributed by atoms with Gasteiger partial charge in [-0.15, -0.1) is 6.58 Å². The number of hydrogen-bond donors (Lipinski definition) is 4. The molecule has 1 saturated heterocycles. The van der Waals surface area contributed by atoms with E-state index in [1.54, 1.807) is 53.7 Å². The van der Waals surface area contributed by atoms with Crippen LogP contribution in [0, 0.1) is 18.3 Å². The van der Waals surface area contributed by atoms with E-state index in [-0.39, 0.29) is 19.4 Å². The Bertz CT molecular complexity index is 1250. The Balaban J connectivity index is 1.86. The molecule has 42 heavy (non-hydrogen) atoms. The van der Waals surface area contributed by atoms with Gasteiger partial charge in [0.2, 0.25) is 11.8 Å². The standard InChI is InChI=1S/C30H42N4O8/c1-9-18-15-30(18,25(37)38)33-23(35)21-14-19(41-26(39)31-20-13-11-10-12-17(20)2)16-34(21)24(36)22(28(3,4)5)32-27(40)42-29(6,7)8/h9-13,18-19,21-22H,1,14-16H2,2-8H3,(H,31,39)(H,32,40)(H,33,35)(H,37,38)/t18?,19-,21+,22-,30?/m1/s1. The summed E-state index contributed by atoms with van der Waals surface area (Å²) in [5, 5.41) is 17.7. The van der Waals surface area contributed by atoms with Gasteiger partial charge in [0.05, 0.1) is 6.54 Å². The second-order valence-electron chi connectivity index (χ2n) is 13.0. The first-order chi connectivity index (χ1) is 19.4. The maximum Gasteiger partial charge on any atom is 0.411 e. The summed E-state index contributed by atoms with van der Waals surface area (Å²) in [4.78, 5) is 66.2. The highest BCUT2D eigenvalue weighted by atomic mass is 16.6. The molecule has 12 heteroatoms. The van der Waals surface area contributed by atoms with Crippen molar-refractivity contribution in [1.82, 2.24) is 15.5 Å². The van der Waals surface area contributed by atoms with Gasteiger partial charge < -0.3 is 30.1 Å². The van der Waals surface area contributed by atoms with Crippen LogP contribution >= 0.6 is 0 Å². The van der Waals surface area contributed by atoms with Crippen LogP contribution in [-0.4, -0.2) is 75.8 Å². The quantitative estimate of drug-likeness (QED) is 0.336. The van der Waals surface area contributed by atoms with E-state index in [4.69, 9.17) is 9.47 Å². The second kappa shape index (κ2) is 12.0. The monoisotopic (exact) mass is 586 g/mol. The number of hydrogen-bond acceptors (Lipinski definition) is 7. The molecule has 1 saturated carbocycles. The first-order valence-electron chi connectivity index (χ1n) is 13.9. The minimum atomic E-state index is -1.52. The number of amides is 4. The Kier molecular flexibility index (Phi) is 9.28. The van der Waals surface area contributed by atoms with Gasteiger partial charge in [-0.2, -0.15) is 0 Å². The molecule has 4 amide bonds. The molecule has 1 aliphatic carbocycles. The Hall–Kier alpha value is -4.09. The molecule has 3 rings (SSSR count). The Morgan fingerprint density at radius 3 is 2.26 bits per heavy atom. The van der Waals surface area contributed by atoms with Gasteiger partial charge in [-0.1, -0.05) is 45.0 Å². The highest BCUT2D eigenvalue weighted by Crippen LogP contribution is 2.45. The molecule has 2 aliphatic rings. The van der Waals surface area contributed by atoms with E-state index in [0.717, 1.165) is 5.56 Å². The minimum Gasteiger partial charge on any atom is -0.479 e. The molecule has 1 aromatic carbocycles. The van der Waals surface area contributed by atoms with E-state index in [0.29, 0.717) is 5.69 Å². The van der Waals surface area contributed by atoms with Crippen LogP contribution in [0.5, 0.6) is 0 Å². The number of rotatable bonds is 8. The van der Waals surface area contributed by atoms with Crippen molar-refractivity contribution < 1.29 is 38.6 Å². The summed E-state index contributed by atoms with van der Waals surface area (Å²) in [5.41, 5.74) is -1.77. The number of nitrogens with zero attached hydrogens (tertiary/aromatic N) is 1. The molecule has 0 spiro atoms. The van der Waals surface area contributed by atoms with Gasteiger partial charge in [0.25, 0.3) is 0 Å². The summed E-state index contributed by atoms with van der Waals surface area (Å²) in [7, 11) is 0. The molecular formula is C30H42N4O8. The zero-order valence-corrected chi connectivity index (χ0v) is 25.3. The minimum absolute atomic E-state index is 0.0729. The average molecular weight is 587 g/mol. The lowest BCUT2D eigenvalue weighted by Gasteiger charge is -2.35. The third-order valence-corrected chi connectivity index (χ3v) is 7.31. The molecule has 0 aromatic heterocycles. The van der Waals surface area contributed by atoms with Crippen LogP contribution < -0.4 is 16.0 Å². The number of carbonyl (C=O) groups is 5. The first-order valence-corrected chi connectivity index (χ1v) is 13.9. The van der Waals surface area contributed by atoms with E-state index in [2.05, 4.69) is 22.5 Å². The van der Waals surface area contributed by atoms with Gasteiger partial charge in [0.1, 0.15) is 29.3 Å². The van der Waals surface area contributed by atoms with Gasteiger partial charge in [-0.05, 0) is 51.2 Å². The largest absolute Gasteiger partial charge is 0.479 e. The van der Waals surface area contributed by atoms with E-state index in [1.165, 1.54) is 11.0 Å². The zero-order chi connectivity index (χ0) is 31.6. The molecule has 0 bridgehead atoms. The smallest absolute Gasteiger partial charge is 0.411 e. The van der Waals surface area contributed by atoms with Gasteiger partial charge in [0.15, 0.2) is 0 Å². The van der Waals surface area contributed by atoms with Crippen LogP contribution in [-0.2, 0) is 23.9 Å². The number of carboxylic acid groups (broad SMARTS) is 1. The molecule has 0 radical (unpaired) electrons. The maximum absolute atomic E-state index is 14.0. The fourth-order valence-electron chi connectivity index (χ4n) is 4.94. The number of anilines is 1. The van der Waals surface area contributed by atoms with E-state index < -0.39 is 70.6 Å². The SMILES string of the molecule is C=CC1CC1(NC(=O)[C@@H]1C[C@@H](OC(=O)Nc2ccccc2C)CN1C(=O)[C@@H](NC(=O)OC(C)(C)C)C(C)(C)C)C(=O)O. The summed E-state index contributed by atoms with van der Waals surface area (Å²) >= 11 is 0. The fourth-order valence-corrected chi connectivity index (χ4v) is 4.94. The number of alkyl carbamates (subject to hydrolysis) is 1. The maximum atomic E-state index is 14.0. The van der Waals surface area contributed by atoms with Crippen LogP contribution in [0.4, 0.5) is 15.3 Å². The number of carbonyl (C=O) groups excluding carboxylic acids is 4. The van der Waals surface area contributed by atoms with Crippen LogP contribution in [0.25, 0.3) is 0 Å². The Morgan fingerprint density at radius 2 is 1.74 bits per heavy atom. The Labute approximate surface area is 246 Å². The number of aliphatic carboxylic acids is 1. The summed E-state index contributed by atoms with van der Waals surface area (Å²) in [6.07, 6.45) is -0.894. The van der Waals surface area contributed by atoms with Crippen LogP contribution in [0.15, 0.2) is 36.9 Å². The van der Waals surface area contributed by atoms with E-state index in [1.807, 2.05) is 19.1 Å². The van der Waals surface area contributed by atoms with Gasteiger partial charge >= 0.3 is 18.2 Å². The van der Waals surface area contributed by atoms with Crippen LogP contribution in [0.2, 0.25) is 0 Å². The molecular weight excluding hydrogens is 544 g/mol. The third-order valence-electron chi connectivity index (χ3n) is 7.31. The molecule has 4 N–H and O–H groups in total. The summed E-state index contributed by atoms with van der Waals surface area (Å²) in [6.45, 7) is 15.6. The number of benzene rings is 1. The molecule has 12 nitrogen and oxygen atoms in total. The number of aryl methyl sites for hydroxylation is 1. The predicted octanol–water partition coefficient (Wildman–Crippen LogP) is 3.60. The van der Waals surface area contributed by atoms with Crippen molar-refractivity contribution in [2.45, 2.75) is 90.6 Å². The van der Waals surface area contributed by atoms with E-state index >= 15 is 0 Å². The number of likely N-dealkylation sites (tertiary alicyclic amines) is 1. The van der Waals surface area contributed by atoms with Crippen LogP contribution in [0.3, 0.4) is 0 Å². The van der Waals surface area contributed by atoms with Gasteiger partial charge in [-0.3, -0.25) is 14.9 Å². The molecule has 2 unspecified atom stereocenters. The van der Waals surface area contributed by atoms with Crippen molar-refractivity contribution in [2.24, 2.45) is 11.3 Å². The number of carboxylic acids is 1. The molecule has 230 valence electrons. The van der Waals surface area contributed by atoms with Crippen LogP contribution in [0.1, 0.15) is 59.9 Å². The molecule has 1 aliphatic heterocycles. The van der Waals surface area contributed by atoms with Crippen molar-refractivity contribution in [3.63, 3.8) is 0 Å². The topological polar surface area (TPSA) is 163 Å². The number of nitrogens with one attached hydrogen (secondary N) is 3. The zero-order valence-electron chi connectivity index (χ0n) is 25.3. The molecule has 1 aromatic rings. The van der Waals surface area contributed by atoms with E-state index in [9.17, 15) is 29.1 Å². The normalized spacial score (nSPS) is 24.2. The molecule has 2 fully saturated rings. The summed E-state index contributed by atoms with van der Waals surface area (Å²) in [5.74, 6) is -2.97. The van der Waals surface area contributed by atoms with Crippen molar-refractivity contribution in [2.75, 3.05) is 11.9 Å². The lowest BCUT2D eigenvalue weighted by molar-refractivity contribution is -0.146. The number of ether oxygens (including phenoxy) is 2. The predicted molar refractivity (Wildman–Crippen MR) is 155 cm³/mol. The fraction of sp³-hybridized carbons (Fsp3) is 0.567. The highest BCUT2D eigenvalue weighted by Gasteiger charge is 2.61. The summed E-state index contributed by atoms with van der Waals surface area (Å²) in [6, 6.07) is 4.84. The highest BCUT2D eigenvalue weighted by molar-refractivity contribution is 5.96. The van der Waals surface area contributed by atoms with Crippen molar-refractivity contribution in [1.29, 1.82) is 0 Å². The Morgan fingerprint density at radius 1 is 1.10 bits per heavy atom. The third kappa shape index (κ3) is 7.59. The van der Waals surface area contributed by atoms with Crippen molar-refractivity contribution >= 4 is 35.7 Å². The molecule has 1 heterocycles. The number of para-hydroxylation sites is 1. The summed E-state index contributed by atoms with van der Waals surface area (Å²) < 4.78 is 11.0. The van der Waals surface area contributed by atoms with Crippen molar-refractivity contribution in [3.05, 3.63) is 42.5 Å².